The number of rotatable bonds is 5. The number of ether oxygens (including phenoxy) is 1. The van der Waals surface area contributed by atoms with Gasteiger partial charge in [0.2, 0.25) is 0 Å². The molecule has 2 aliphatic heterocycles. The molecule has 0 saturated carbocycles. The Morgan fingerprint density at radius 2 is 1.62 bits per heavy atom. The van der Waals surface area contributed by atoms with Crippen LogP contribution in [-0.4, -0.2) is 80.7 Å². The molecular weight excluding hydrogens is 484 g/mol. The molecule has 0 spiro atoms. The van der Waals surface area contributed by atoms with Crippen LogP contribution in [0.2, 0.25) is 0 Å². The van der Waals surface area contributed by atoms with Gasteiger partial charge in [-0.05, 0) is 87.1 Å². The zero-order valence-electron chi connectivity index (χ0n) is 23.1. The maximum Gasteiger partial charge on any atom is 0.321 e. The number of carbonyl (C=O) groups excluding carboxylic acids is 1. The largest absolute Gasteiger partial charge is 0.497 e. The highest BCUT2D eigenvalue weighted by Gasteiger charge is 2.42. The van der Waals surface area contributed by atoms with Gasteiger partial charge in [-0.15, -0.1) is 0 Å². The second-order valence-electron chi connectivity index (χ2n) is 10.9. The molecule has 0 radical (unpaired) electrons. The summed E-state index contributed by atoms with van der Waals surface area (Å²) < 4.78 is 5.26. The summed E-state index contributed by atoms with van der Waals surface area (Å²) in [5, 5.41) is 3.12. The fourth-order valence-electron chi connectivity index (χ4n) is 5.69. The molecule has 202 valence electrons. The molecule has 1 N–H and O–H groups in total. The molecule has 3 aromatic rings. The number of carbonyl (C=O) groups is 1. The van der Waals surface area contributed by atoms with Crippen LogP contribution >= 0.6 is 0 Å². The third kappa shape index (κ3) is 6.81. The lowest BCUT2D eigenvalue weighted by Gasteiger charge is -2.52. The molecular formula is C33H38N4O2. The van der Waals surface area contributed by atoms with Crippen LogP contribution in [0.1, 0.15) is 29.0 Å². The zero-order chi connectivity index (χ0) is 27.2. The summed E-state index contributed by atoms with van der Waals surface area (Å²) in [6.45, 7) is 4.55. The smallest absolute Gasteiger partial charge is 0.321 e. The van der Waals surface area contributed by atoms with Crippen LogP contribution in [0, 0.1) is 17.8 Å². The first-order chi connectivity index (χ1) is 19.0. The minimum atomic E-state index is -0.0389. The summed E-state index contributed by atoms with van der Waals surface area (Å²) in [5.41, 5.74) is 4.14. The van der Waals surface area contributed by atoms with E-state index in [-0.39, 0.29) is 6.03 Å². The second kappa shape index (κ2) is 12.4. The molecule has 0 aromatic heterocycles. The predicted octanol–water partition coefficient (Wildman–Crippen LogP) is 4.98. The molecule has 5 rings (SSSR count). The summed E-state index contributed by atoms with van der Waals surface area (Å²) in [5.74, 6) is 8.13. The molecule has 0 bridgehead atoms. The molecule has 2 fully saturated rings. The molecule has 3 atom stereocenters. The highest BCUT2D eigenvalue weighted by atomic mass is 16.5. The third-order valence-corrected chi connectivity index (χ3v) is 7.79. The van der Waals surface area contributed by atoms with Crippen molar-refractivity contribution in [2.75, 3.05) is 59.2 Å². The van der Waals surface area contributed by atoms with Gasteiger partial charge in [0.05, 0.1) is 7.11 Å². The zero-order valence-corrected chi connectivity index (χ0v) is 23.1. The Hall–Kier alpha value is -3.79. The number of nitrogens with zero attached hydrogens (tertiary/aromatic N) is 3. The number of nitrogens with one attached hydrogen (secondary N) is 1. The molecule has 0 aliphatic carbocycles. The summed E-state index contributed by atoms with van der Waals surface area (Å²) in [7, 11) is 5.86. The normalized spacial score (nSPS) is 21.0. The number of hydrogen-bond acceptors (Lipinski definition) is 4. The van der Waals surface area contributed by atoms with Crippen LogP contribution in [0.15, 0.2) is 78.9 Å². The van der Waals surface area contributed by atoms with Gasteiger partial charge in [0.25, 0.3) is 0 Å². The van der Waals surface area contributed by atoms with Crippen molar-refractivity contribution >= 4 is 11.7 Å². The second-order valence-corrected chi connectivity index (χ2v) is 10.9. The summed E-state index contributed by atoms with van der Waals surface area (Å²) in [4.78, 5) is 20.3. The van der Waals surface area contributed by atoms with Gasteiger partial charge in [-0.2, -0.15) is 0 Å². The van der Waals surface area contributed by atoms with E-state index in [2.05, 4.69) is 65.3 Å². The van der Waals surface area contributed by atoms with Crippen molar-refractivity contribution in [2.45, 2.75) is 18.4 Å². The molecule has 3 aromatic carbocycles. The average Bonchev–Trinajstić information content (AvgIpc) is 2.93. The van der Waals surface area contributed by atoms with Crippen molar-refractivity contribution in [2.24, 2.45) is 5.92 Å². The lowest BCUT2D eigenvalue weighted by molar-refractivity contribution is 0.0139. The van der Waals surface area contributed by atoms with E-state index in [1.165, 1.54) is 5.56 Å². The Labute approximate surface area is 232 Å². The van der Waals surface area contributed by atoms with Gasteiger partial charge in [0.15, 0.2) is 0 Å². The number of benzene rings is 3. The molecule has 2 saturated heterocycles. The Morgan fingerprint density at radius 3 is 2.28 bits per heavy atom. The van der Waals surface area contributed by atoms with Gasteiger partial charge in [-0.1, -0.05) is 42.2 Å². The molecule has 1 unspecified atom stereocenters. The van der Waals surface area contributed by atoms with E-state index in [4.69, 9.17) is 4.74 Å². The average molecular weight is 523 g/mol. The maximum atomic E-state index is 13.5. The lowest BCUT2D eigenvalue weighted by atomic mass is 9.80. The fourth-order valence-corrected chi connectivity index (χ4v) is 5.69. The van der Waals surface area contributed by atoms with Crippen LogP contribution in [0.25, 0.3) is 0 Å². The first-order valence-corrected chi connectivity index (χ1v) is 13.7. The van der Waals surface area contributed by atoms with Crippen LogP contribution < -0.4 is 10.1 Å². The molecule has 39 heavy (non-hydrogen) atoms. The first kappa shape index (κ1) is 26.8. The van der Waals surface area contributed by atoms with Crippen LogP contribution in [-0.2, 0) is 0 Å². The number of methoxy groups -OCH3 is 1. The van der Waals surface area contributed by atoms with Crippen LogP contribution in [0.5, 0.6) is 5.75 Å². The quantitative estimate of drug-likeness (QED) is 0.481. The van der Waals surface area contributed by atoms with Gasteiger partial charge in [0, 0.05) is 55.0 Å². The van der Waals surface area contributed by atoms with Gasteiger partial charge in [-0.3, -0.25) is 4.90 Å². The van der Waals surface area contributed by atoms with Crippen molar-refractivity contribution in [1.29, 1.82) is 0 Å². The number of anilines is 1. The van der Waals surface area contributed by atoms with Gasteiger partial charge in [-0.25, -0.2) is 4.79 Å². The van der Waals surface area contributed by atoms with Crippen molar-refractivity contribution in [3.63, 3.8) is 0 Å². The van der Waals surface area contributed by atoms with E-state index in [9.17, 15) is 4.79 Å². The lowest BCUT2D eigenvalue weighted by Crippen LogP contribution is -2.62. The molecule has 2 heterocycles. The van der Waals surface area contributed by atoms with Gasteiger partial charge in [0.1, 0.15) is 5.75 Å². The minimum absolute atomic E-state index is 0.0389. The fraction of sp³-hybridized carbons (Fsp3) is 0.364. The summed E-state index contributed by atoms with van der Waals surface area (Å²) in [6, 6.07) is 26.5. The Balaban J connectivity index is 1.29. The van der Waals surface area contributed by atoms with Gasteiger partial charge >= 0.3 is 6.03 Å². The monoisotopic (exact) mass is 522 g/mol. The minimum Gasteiger partial charge on any atom is -0.497 e. The molecule has 6 nitrogen and oxygen atoms in total. The van der Waals surface area contributed by atoms with Crippen LogP contribution in [0.4, 0.5) is 10.5 Å². The first-order valence-electron chi connectivity index (χ1n) is 13.7. The SMILES string of the molecule is COc1ccc(NC(=O)N2CC(CN(C)C)CCN3C[C@H](c4ccc(C#Cc5ccccc5)cc4)[C@@H]3C2)cc1. The van der Waals surface area contributed by atoms with E-state index in [1.54, 1.807) is 7.11 Å². The maximum absolute atomic E-state index is 13.5. The number of urea groups is 1. The molecule has 2 aliphatic rings. The summed E-state index contributed by atoms with van der Waals surface area (Å²) >= 11 is 0. The van der Waals surface area contributed by atoms with E-state index in [0.29, 0.717) is 24.4 Å². The van der Waals surface area contributed by atoms with Crippen molar-refractivity contribution < 1.29 is 9.53 Å². The number of fused-ring (bicyclic) bond motifs is 1. The van der Waals surface area contributed by atoms with E-state index in [0.717, 1.165) is 55.2 Å². The molecule has 6 heteroatoms. The third-order valence-electron chi connectivity index (χ3n) is 7.79. The predicted molar refractivity (Wildman–Crippen MR) is 157 cm³/mol. The van der Waals surface area contributed by atoms with E-state index < -0.39 is 0 Å². The highest BCUT2D eigenvalue weighted by molar-refractivity contribution is 5.89. The Kier molecular flexibility index (Phi) is 8.51. The molecule has 2 amide bonds. The van der Waals surface area contributed by atoms with Crippen molar-refractivity contribution in [1.82, 2.24) is 14.7 Å². The Bertz CT molecular complexity index is 1300. The van der Waals surface area contributed by atoms with Crippen molar-refractivity contribution in [3.05, 3.63) is 95.6 Å². The number of hydrogen-bond donors (Lipinski definition) is 1. The van der Waals surface area contributed by atoms with E-state index in [1.807, 2.05) is 59.5 Å². The van der Waals surface area contributed by atoms with E-state index >= 15 is 0 Å². The van der Waals surface area contributed by atoms with Gasteiger partial charge < -0.3 is 19.9 Å². The number of amides is 2. The highest BCUT2D eigenvalue weighted by Crippen LogP contribution is 2.37. The topological polar surface area (TPSA) is 48.1 Å². The van der Waals surface area contributed by atoms with Crippen LogP contribution in [0.3, 0.4) is 0 Å². The van der Waals surface area contributed by atoms with Crippen molar-refractivity contribution in [3.8, 4) is 17.6 Å². The standard InChI is InChI=1S/C33H38N4O2/c1-35(2)21-27-19-20-36-23-31(28-13-11-26(12-14-28)10-9-25-7-5-4-6-8-25)32(36)24-37(22-27)33(38)34-29-15-17-30(39-3)18-16-29/h4-8,11-18,27,31-32H,19-24H2,1-3H3,(H,34,38)/t27?,31-,32+/m1/s1. The Morgan fingerprint density at radius 1 is 0.923 bits per heavy atom. The summed E-state index contributed by atoms with van der Waals surface area (Å²) in [6.07, 6.45) is 1.09.